The number of benzene rings is 2. The highest BCUT2D eigenvalue weighted by molar-refractivity contribution is 5.41. The van der Waals surface area contributed by atoms with Gasteiger partial charge in [0.1, 0.15) is 0 Å². The Balaban J connectivity index is 2.01. The van der Waals surface area contributed by atoms with Crippen LogP contribution in [0.4, 0.5) is 0 Å². The third-order valence-corrected chi connectivity index (χ3v) is 3.62. The van der Waals surface area contributed by atoms with Gasteiger partial charge in [-0.25, -0.2) is 0 Å². The molecule has 1 heteroatoms. The summed E-state index contributed by atoms with van der Waals surface area (Å²) in [6, 6.07) is 21.2. The molecule has 0 aliphatic heterocycles. The van der Waals surface area contributed by atoms with Gasteiger partial charge in [-0.3, -0.25) is 0 Å². The summed E-state index contributed by atoms with van der Waals surface area (Å²) >= 11 is 0. The summed E-state index contributed by atoms with van der Waals surface area (Å²) in [5, 5.41) is 0. The minimum Gasteiger partial charge on any atom is -0.399 e. The van der Waals surface area contributed by atoms with E-state index in [2.05, 4.69) is 66.7 Å². The lowest BCUT2D eigenvalue weighted by Crippen LogP contribution is -2.13. The van der Waals surface area contributed by atoms with Crippen LogP contribution in [0, 0.1) is 0 Å². The van der Waals surface area contributed by atoms with Gasteiger partial charge in [-0.2, -0.15) is 0 Å². The van der Waals surface area contributed by atoms with Gasteiger partial charge in [0.2, 0.25) is 0 Å². The molecule has 2 aromatic carbocycles. The molecule has 0 saturated heterocycles. The van der Waals surface area contributed by atoms with Gasteiger partial charge in [0.25, 0.3) is 0 Å². The van der Waals surface area contributed by atoms with Crippen molar-refractivity contribution in [3.63, 3.8) is 0 Å². The van der Waals surface area contributed by atoms with E-state index in [1.165, 1.54) is 11.1 Å². The zero-order valence-corrected chi connectivity index (χ0v) is 10.7. The van der Waals surface area contributed by atoms with Gasteiger partial charge in [-0.15, -0.1) is 0 Å². The van der Waals surface area contributed by atoms with Crippen LogP contribution in [0.2, 0.25) is 0 Å². The van der Waals surface area contributed by atoms with Crippen molar-refractivity contribution in [3.8, 4) is 0 Å². The quantitative estimate of drug-likeness (QED) is 0.854. The normalized spacial score (nSPS) is 22.0. The fourth-order valence-electron chi connectivity index (χ4n) is 2.67. The van der Waals surface area contributed by atoms with E-state index in [9.17, 15) is 0 Å². The number of hydrogen-bond donors (Lipinski definition) is 1. The Hall–Kier alpha value is -2.28. The predicted octanol–water partition coefficient (Wildman–Crippen LogP) is 3.97. The van der Waals surface area contributed by atoms with E-state index >= 15 is 0 Å². The third-order valence-electron chi connectivity index (χ3n) is 3.62. The van der Waals surface area contributed by atoms with Crippen molar-refractivity contribution >= 4 is 0 Å². The second kappa shape index (κ2) is 5.15. The van der Waals surface area contributed by atoms with Crippen molar-refractivity contribution < 1.29 is 0 Å². The molecule has 0 amide bonds. The zero-order chi connectivity index (χ0) is 13.1. The first-order valence-electron chi connectivity index (χ1n) is 6.60. The van der Waals surface area contributed by atoms with Gasteiger partial charge in [0.15, 0.2) is 0 Å². The molecule has 0 fully saturated rings. The van der Waals surface area contributed by atoms with Crippen LogP contribution in [0.5, 0.6) is 0 Å². The fraction of sp³-hybridized carbons (Fsp3) is 0.111. The number of nitrogens with two attached hydrogens (primary N) is 1. The van der Waals surface area contributed by atoms with Crippen molar-refractivity contribution in [1.82, 2.24) is 0 Å². The highest BCUT2D eigenvalue weighted by Crippen LogP contribution is 2.38. The summed E-state index contributed by atoms with van der Waals surface area (Å²) in [7, 11) is 0. The van der Waals surface area contributed by atoms with Crippen molar-refractivity contribution in [2.45, 2.75) is 11.8 Å². The van der Waals surface area contributed by atoms with E-state index in [1.807, 2.05) is 12.1 Å². The lowest BCUT2D eigenvalue weighted by atomic mass is 9.78. The van der Waals surface area contributed by atoms with Gasteiger partial charge in [0, 0.05) is 17.5 Å². The minimum atomic E-state index is 0.314. The molecule has 1 aliphatic carbocycles. The molecule has 2 aromatic rings. The fourth-order valence-corrected chi connectivity index (χ4v) is 2.67. The molecule has 0 radical (unpaired) electrons. The van der Waals surface area contributed by atoms with Gasteiger partial charge >= 0.3 is 0 Å². The molecule has 0 heterocycles. The Morgan fingerprint density at radius 3 is 1.79 bits per heavy atom. The molecule has 1 aliphatic rings. The molecular formula is C18H17N. The average Bonchev–Trinajstić information content (AvgIpc) is 2.49. The Kier molecular flexibility index (Phi) is 3.20. The molecular weight excluding hydrogens is 230 g/mol. The number of hydrogen-bond acceptors (Lipinski definition) is 1. The van der Waals surface area contributed by atoms with Crippen LogP contribution in [0.1, 0.15) is 23.0 Å². The van der Waals surface area contributed by atoms with Crippen molar-refractivity contribution in [3.05, 3.63) is 95.7 Å². The van der Waals surface area contributed by atoms with Crippen LogP contribution >= 0.6 is 0 Å². The first-order chi connectivity index (χ1) is 9.34. The molecule has 1 nitrogen and oxygen atoms in total. The summed E-state index contributed by atoms with van der Waals surface area (Å²) < 4.78 is 0. The second-order valence-corrected chi connectivity index (χ2v) is 4.90. The maximum Gasteiger partial charge on any atom is 0.0277 e. The molecule has 94 valence electrons. The lowest BCUT2D eigenvalue weighted by molar-refractivity contribution is 0.722. The Labute approximate surface area is 114 Å². The SMILES string of the molecule is NC1=CC(c2ccccc2)C(c2ccccc2)C=C1. The summed E-state index contributed by atoms with van der Waals surface area (Å²) in [4.78, 5) is 0. The molecule has 2 atom stereocenters. The Morgan fingerprint density at radius 1 is 0.684 bits per heavy atom. The van der Waals surface area contributed by atoms with Gasteiger partial charge in [-0.1, -0.05) is 72.8 Å². The second-order valence-electron chi connectivity index (χ2n) is 4.90. The monoisotopic (exact) mass is 247 g/mol. The highest BCUT2D eigenvalue weighted by atomic mass is 14.6. The molecule has 0 spiro atoms. The van der Waals surface area contributed by atoms with Crippen molar-refractivity contribution in [2.24, 2.45) is 5.73 Å². The molecule has 0 bridgehead atoms. The van der Waals surface area contributed by atoms with Crippen molar-refractivity contribution in [2.75, 3.05) is 0 Å². The van der Waals surface area contributed by atoms with Gasteiger partial charge < -0.3 is 5.73 Å². The molecule has 19 heavy (non-hydrogen) atoms. The maximum atomic E-state index is 5.98. The van der Waals surface area contributed by atoms with Crippen molar-refractivity contribution in [1.29, 1.82) is 0 Å². The molecule has 0 saturated carbocycles. The van der Waals surface area contributed by atoms with E-state index < -0.39 is 0 Å². The van der Waals surface area contributed by atoms with Crippen LogP contribution in [0.25, 0.3) is 0 Å². The molecule has 2 unspecified atom stereocenters. The minimum absolute atomic E-state index is 0.314. The van der Waals surface area contributed by atoms with E-state index in [4.69, 9.17) is 5.73 Å². The van der Waals surface area contributed by atoms with Crippen LogP contribution < -0.4 is 5.73 Å². The summed E-state index contributed by atoms with van der Waals surface area (Å²) in [5.41, 5.74) is 9.46. The van der Waals surface area contributed by atoms with Crippen LogP contribution in [-0.2, 0) is 0 Å². The summed E-state index contributed by atoms with van der Waals surface area (Å²) in [6.07, 6.45) is 6.38. The van der Waals surface area contributed by atoms with E-state index in [0.717, 1.165) is 5.70 Å². The van der Waals surface area contributed by atoms with E-state index in [1.54, 1.807) is 0 Å². The summed E-state index contributed by atoms with van der Waals surface area (Å²) in [6.45, 7) is 0. The van der Waals surface area contributed by atoms with Crippen LogP contribution in [-0.4, -0.2) is 0 Å². The highest BCUT2D eigenvalue weighted by Gasteiger charge is 2.23. The first-order valence-corrected chi connectivity index (χ1v) is 6.60. The maximum absolute atomic E-state index is 5.98. The third kappa shape index (κ3) is 2.45. The summed E-state index contributed by atoms with van der Waals surface area (Å²) in [5.74, 6) is 0.671. The Bertz CT molecular complexity index is 596. The van der Waals surface area contributed by atoms with Crippen LogP contribution in [0.15, 0.2) is 84.6 Å². The Morgan fingerprint density at radius 2 is 1.21 bits per heavy atom. The molecule has 2 N–H and O–H groups in total. The van der Waals surface area contributed by atoms with Gasteiger partial charge in [-0.05, 0) is 17.2 Å². The number of rotatable bonds is 2. The topological polar surface area (TPSA) is 26.0 Å². The smallest absolute Gasteiger partial charge is 0.0277 e. The zero-order valence-electron chi connectivity index (χ0n) is 10.7. The van der Waals surface area contributed by atoms with E-state index in [0.29, 0.717) is 11.8 Å². The predicted molar refractivity (Wildman–Crippen MR) is 79.8 cm³/mol. The largest absolute Gasteiger partial charge is 0.399 e. The van der Waals surface area contributed by atoms with E-state index in [-0.39, 0.29) is 0 Å². The standard InChI is InChI=1S/C18H17N/c19-16-11-12-17(14-7-3-1-4-8-14)18(13-16)15-9-5-2-6-10-15/h1-13,17-18H,19H2. The van der Waals surface area contributed by atoms with Crippen LogP contribution in [0.3, 0.4) is 0 Å². The lowest BCUT2D eigenvalue weighted by Gasteiger charge is -2.26. The number of allylic oxidation sites excluding steroid dienone is 3. The molecule has 3 rings (SSSR count). The van der Waals surface area contributed by atoms with Gasteiger partial charge in [0.05, 0.1) is 0 Å². The average molecular weight is 247 g/mol. The first kappa shape index (κ1) is 11.8. The molecule has 0 aromatic heterocycles.